The highest BCUT2D eigenvalue weighted by Crippen LogP contribution is 2.28. The number of hydrogen-bond donors (Lipinski definition) is 1. The molecule has 1 N–H and O–H groups in total. The van der Waals surface area contributed by atoms with E-state index in [1.165, 1.54) is 21.8 Å². The zero-order valence-electron chi connectivity index (χ0n) is 15.2. The summed E-state index contributed by atoms with van der Waals surface area (Å²) >= 11 is 0. The molecule has 0 saturated carbocycles. The first-order chi connectivity index (χ1) is 12.6. The minimum Gasteiger partial charge on any atom is -0.390 e. The molecule has 134 valence electrons. The van der Waals surface area contributed by atoms with Crippen LogP contribution in [-0.4, -0.2) is 44.1 Å². The molecule has 2 aromatic heterocycles. The van der Waals surface area contributed by atoms with Crippen LogP contribution >= 0.6 is 0 Å². The van der Waals surface area contributed by atoms with Gasteiger partial charge in [-0.3, -0.25) is 9.58 Å². The average Bonchev–Trinajstić information content (AvgIpc) is 3.17. The molecule has 5 nitrogen and oxygen atoms in total. The molecule has 0 fully saturated rings. The molecule has 4 rings (SSSR count). The van der Waals surface area contributed by atoms with Gasteiger partial charge in [0.25, 0.3) is 0 Å². The predicted octanol–water partition coefficient (Wildman–Crippen LogP) is 3.02. The predicted molar refractivity (Wildman–Crippen MR) is 105 cm³/mol. The first kappa shape index (κ1) is 16.8. The van der Waals surface area contributed by atoms with Crippen molar-refractivity contribution in [3.05, 3.63) is 66.5 Å². The normalized spacial score (nSPS) is 13.1. The van der Waals surface area contributed by atoms with Crippen LogP contribution in [-0.2, 0) is 20.1 Å². The van der Waals surface area contributed by atoms with Gasteiger partial charge in [0.15, 0.2) is 0 Å². The van der Waals surface area contributed by atoms with Crippen LogP contribution < -0.4 is 0 Å². The SMILES string of the molecule is CN(Cc1cnn(C)c1)CC(O)Cn1c2ccccc2c2ccccc21. The van der Waals surface area contributed by atoms with Crippen molar-refractivity contribution in [3.63, 3.8) is 0 Å². The van der Waals surface area contributed by atoms with E-state index in [1.807, 2.05) is 26.5 Å². The molecular weight excluding hydrogens is 324 g/mol. The van der Waals surface area contributed by atoms with Crippen LogP contribution in [0.25, 0.3) is 21.8 Å². The van der Waals surface area contributed by atoms with Gasteiger partial charge in [-0.15, -0.1) is 0 Å². The Hall–Kier alpha value is -2.63. The molecule has 1 unspecified atom stereocenters. The summed E-state index contributed by atoms with van der Waals surface area (Å²) in [6.45, 7) is 1.96. The van der Waals surface area contributed by atoms with Crippen LogP contribution in [0.15, 0.2) is 60.9 Å². The topological polar surface area (TPSA) is 46.2 Å². The number of benzene rings is 2. The molecule has 0 saturated heterocycles. The van der Waals surface area contributed by atoms with Gasteiger partial charge in [-0.2, -0.15) is 5.10 Å². The quantitative estimate of drug-likeness (QED) is 0.583. The number of likely N-dealkylation sites (N-methyl/N-ethyl adjacent to an activating group) is 1. The number of aliphatic hydroxyl groups excluding tert-OH is 1. The monoisotopic (exact) mass is 348 g/mol. The smallest absolute Gasteiger partial charge is 0.0845 e. The molecule has 0 aliphatic heterocycles. The maximum atomic E-state index is 10.7. The van der Waals surface area contributed by atoms with Gasteiger partial charge in [0.05, 0.1) is 18.8 Å². The van der Waals surface area contributed by atoms with Gasteiger partial charge in [0.1, 0.15) is 0 Å². The third-order valence-electron chi connectivity index (χ3n) is 4.81. The van der Waals surface area contributed by atoms with Crippen LogP contribution in [0.5, 0.6) is 0 Å². The summed E-state index contributed by atoms with van der Waals surface area (Å²) < 4.78 is 4.03. The zero-order chi connectivity index (χ0) is 18.1. The Kier molecular flexibility index (Phi) is 4.49. The molecule has 0 radical (unpaired) electrons. The van der Waals surface area contributed by atoms with Gasteiger partial charge in [-0.05, 0) is 19.2 Å². The number of para-hydroxylation sites is 2. The fourth-order valence-corrected chi connectivity index (χ4v) is 3.76. The Labute approximate surface area is 153 Å². The van der Waals surface area contributed by atoms with Crippen molar-refractivity contribution < 1.29 is 5.11 Å². The Morgan fingerprint density at radius 2 is 1.65 bits per heavy atom. The summed E-state index contributed by atoms with van der Waals surface area (Å²) in [4.78, 5) is 2.13. The maximum Gasteiger partial charge on any atom is 0.0845 e. The Morgan fingerprint density at radius 1 is 1.04 bits per heavy atom. The van der Waals surface area contributed by atoms with Crippen molar-refractivity contribution in [1.82, 2.24) is 19.2 Å². The highest BCUT2D eigenvalue weighted by Gasteiger charge is 2.15. The number of aromatic nitrogens is 3. The molecule has 1 atom stereocenters. The second-order valence-corrected chi connectivity index (χ2v) is 7.02. The van der Waals surface area contributed by atoms with Gasteiger partial charge in [-0.1, -0.05) is 36.4 Å². The highest BCUT2D eigenvalue weighted by atomic mass is 16.3. The minimum atomic E-state index is -0.448. The van der Waals surface area contributed by atoms with E-state index in [0.29, 0.717) is 13.1 Å². The van der Waals surface area contributed by atoms with Crippen LogP contribution in [0.2, 0.25) is 0 Å². The van der Waals surface area contributed by atoms with Crippen LogP contribution in [0, 0.1) is 0 Å². The van der Waals surface area contributed by atoms with Gasteiger partial charge in [0.2, 0.25) is 0 Å². The summed E-state index contributed by atoms with van der Waals surface area (Å²) in [5, 5.41) is 17.4. The minimum absolute atomic E-state index is 0.448. The molecule has 4 aromatic rings. The fraction of sp³-hybridized carbons (Fsp3) is 0.286. The van der Waals surface area contributed by atoms with Gasteiger partial charge < -0.3 is 9.67 Å². The number of rotatable bonds is 6. The van der Waals surface area contributed by atoms with E-state index in [4.69, 9.17) is 0 Å². The summed E-state index contributed by atoms with van der Waals surface area (Å²) in [6, 6.07) is 16.8. The molecule has 5 heteroatoms. The van der Waals surface area contributed by atoms with Crippen LogP contribution in [0.3, 0.4) is 0 Å². The van der Waals surface area contributed by atoms with Crippen molar-refractivity contribution in [2.24, 2.45) is 7.05 Å². The largest absolute Gasteiger partial charge is 0.390 e. The van der Waals surface area contributed by atoms with E-state index in [1.54, 1.807) is 4.68 Å². The lowest BCUT2D eigenvalue weighted by Gasteiger charge is -2.21. The summed E-state index contributed by atoms with van der Waals surface area (Å²) in [7, 11) is 3.95. The third kappa shape index (κ3) is 3.23. The first-order valence-corrected chi connectivity index (χ1v) is 8.92. The summed E-state index contributed by atoms with van der Waals surface area (Å²) in [5.74, 6) is 0. The molecule has 0 spiro atoms. The lowest BCUT2D eigenvalue weighted by Crippen LogP contribution is -2.31. The fourth-order valence-electron chi connectivity index (χ4n) is 3.76. The molecule has 26 heavy (non-hydrogen) atoms. The summed E-state index contributed by atoms with van der Waals surface area (Å²) in [5.41, 5.74) is 3.49. The van der Waals surface area contributed by atoms with E-state index in [9.17, 15) is 5.11 Å². The van der Waals surface area contributed by atoms with Gasteiger partial charge in [0, 0.05) is 53.7 Å². The summed E-state index contributed by atoms with van der Waals surface area (Å²) in [6.07, 6.45) is 3.43. The highest BCUT2D eigenvalue weighted by molar-refractivity contribution is 6.07. The molecule has 2 aromatic carbocycles. The lowest BCUT2D eigenvalue weighted by atomic mass is 10.2. The Bertz CT molecular complexity index is 980. The van der Waals surface area contributed by atoms with Gasteiger partial charge in [-0.25, -0.2) is 0 Å². The van der Waals surface area contributed by atoms with Crippen molar-refractivity contribution in [1.29, 1.82) is 0 Å². The van der Waals surface area contributed by atoms with Crippen molar-refractivity contribution in [2.75, 3.05) is 13.6 Å². The second kappa shape index (κ2) is 6.94. The number of fused-ring (bicyclic) bond motifs is 3. The van der Waals surface area contributed by atoms with Crippen LogP contribution in [0.1, 0.15) is 5.56 Å². The molecular formula is C21H24N4O. The Morgan fingerprint density at radius 3 is 2.23 bits per heavy atom. The molecule has 0 aliphatic rings. The lowest BCUT2D eigenvalue weighted by molar-refractivity contribution is 0.109. The standard InChI is InChI=1S/C21H24N4O/c1-23(12-16-11-22-24(2)13-16)14-17(26)15-25-20-9-5-3-7-18(20)19-8-4-6-10-21(19)25/h3-11,13,17,26H,12,14-15H2,1-2H3. The second-order valence-electron chi connectivity index (χ2n) is 7.02. The van der Waals surface area contributed by atoms with Crippen molar-refractivity contribution in [3.8, 4) is 0 Å². The number of nitrogens with zero attached hydrogens (tertiary/aromatic N) is 4. The average molecular weight is 348 g/mol. The third-order valence-corrected chi connectivity index (χ3v) is 4.81. The van der Waals surface area contributed by atoms with Crippen LogP contribution in [0.4, 0.5) is 0 Å². The van der Waals surface area contributed by atoms with E-state index >= 15 is 0 Å². The zero-order valence-corrected chi connectivity index (χ0v) is 15.2. The van der Waals surface area contributed by atoms with E-state index in [0.717, 1.165) is 12.1 Å². The maximum absolute atomic E-state index is 10.7. The van der Waals surface area contributed by atoms with E-state index < -0.39 is 6.10 Å². The van der Waals surface area contributed by atoms with Gasteiger partial charge >= 0.3 is 0 Å². The van der Waals surface area contributed by atoms with E-state index in [-0.39, 0.29) is 0 Å². The number of aliphatic hydroxyl groups is 1. The molecule has 2 heterocycles. The molecule has 0 aliphatic carbocycles. The number of hydrogen-bond acceptors (Lipinski definition) is 3. The number of aryl methyl sites for hydroxylation is 1. The Balaban J connectivity index is 1.54. The first-order valence-electron chi connectivity index (χ1n) is 8.92. The van der Waals surface area contributed by atoms with Crippen molar-refractivity contribution in [2.45, 2.75) is 19.2 Å². The van der Waals surface area contributed by atoms with E-state index in [2.05, 4.69) is 63.1 Å². The van der Waals surface area contributed by atoms with Crippen molar-refractivity contribution >= 4 is 21.8 Å². The molecule has 0 amide bonds. The molecule has 0 bridgehead atoms.